The zero-order valence-electron chi connectivity index (χ0n) is 12.4. The molecule has 0 radical (unpaired) electrons. The highest BCUT2D eigenvalue weighted by molar-refractivity contribution is 6.33. The van der Waals surface area contributed by atoms with Crippen LogP contribution in [0.15, 0.2) is 12.1 Å². The lowest BCUT2D eigenvalue weighted by molar-refractivity contribution is -0.117. The minimum Gasteiger partial charge on any atom is -0.370 e. The molecular formula is C16H22ClN3O. The van der Waals surface area contributed by atoms with E-state index < -0.39 is 0 Å². The summed E-state index contributed by atoms with van der Waals surface area (Å²) in [5, 5.41) is 6.92. The summed E-state index contributed by atoms with van der Waals surface area (Å²) in [6.07, 6.45) is 5.00. The minimum absolute atomic E-state index is 0.0101. The van der Waals surface area contributed by atoms with Crippen molar-refractivity contribution in [3.05, 3.63) is 22.7 Å². The number of hydrogen-bond acceptors (Lipinski definition) is 3. The first-order chi connectivity index (χ1) is 10.2. The van der Waals surface area contributed by atoms with Crippen molar-refractivity contribution in [1.29, 1.82) is 0 Å². The molecule has 1 unspecified atom stereocenters. The van der Waals surface area contributed by atoms with E-state index in [1.165, 1.54) is 25.7 Å². The van der Waals surface area contributed by atoms with Crippen LogP contribution in [0.5, 0.6) is 0 Å². The highest BCUT2D eigenvalue weighted by Crippen LogP contribution is 2.39. The molecule has 4 nitrogen and oxygen atoms in total. The van der Waals surface area contributed by atoms with Crippen LogP contribution in [-0.4, -0.2) is 25.5 Å². The van der Waals surface area contributed by atoms with Crippen LogP contribution in [0.2, 0.25) is 5.02 Å². The van der Waals surface area contributed by atoms with Crippen molar-refractivity contribution in [2.75, 3.05) is 29.9 Å². The van der Waals surface area contributed by atoms with Crippen molar-refractivity contribution in [2.24, 2.45) is 0 Å². The number of benzene rings is 1. The molecule has 0 aromatic heterocycles. The van der Waals surface area contributed by atoms with Gasteiger partial charge in [-0.1, -0.05) is 31.4 Å². The second kappa shape index (κ2) is 6.24. The Bertz CT molecular complexity index is 539. The number of rotatable bonds is 3. The number of nitrogens with one attached hydrogen (secondary N) is 2. The molecule has 2 N–H and O–H groups in total. The van der Waals surface area contributed by atoms with E-state index in [1.807, 2.05) is 19.1 Å². The molecule has 1 fully saturated rings. The summed E-state index contributed by atoms with van der Waals surface area (Å²) < 4.78 is 0. The fourth-order valence-electron chi connectivity index (χ4n) is 3.23. The highest BCUT2D eigenvalue weighted by atomic mass is 35.5. The van der Waals surface area contributed by atoms with E-state index in [0.29, 0.717) is 0 Å². The molecule has 1 saturated heterocycles. The first-order valence-electron chi connectivity index (χ1n) is 7.83. The van der Waals surface area contributed by atoms with E-state index in [-0.39, 0.29) is 11.9 Å². The molecule has 0 saturated carbocycles. The van der Waals surface area contributed by atoms with Gasteiger partial charge in [-0.2, -0.15) is 0 Å². The van der Waals surface area contributed by atoms with Crippen molar-refractivity contribution in [1.82, 2.24) is 5.32 Å². The number of likely N-dealkylation sites (N-methyl/N-ethyl adjacent to an activating group) is 1. The number of anilines is 2. The molecule has 1 aromatic rings. The molecule has 1 amide bonds. The van der Waals surface area contributed by atoms with Crippen LogP contribution in [-0.2, 0) is 4.79 Å². The predicted octanol–water partition coefficient (Wildman–Crippen LogP) is 3.32. The number of fused-ring (bicyclic) bond motifs is 1. The third-order valence-electron chi connectivity index (χ3n) is 4.31. The van der Waals surface area contributed by atoms with Gasteiger partial charge < -0.3 is 15.5 Å². The smallest absolute Gasteiger partial charge is 0.246 e. The van der Waals surface area contributed by atoms with Crippen LogP contribution in [0, 0.1) is 0 Å². The van der Waals surface area contributed by atoms with Crippen molar-refractivity contribution >= 4 is 28.9 Å². The second-order valence-electron chi connectivity index (χ2n) is 5.77. The van der Waals surface area contributed by atoms with Gasteiger partial charge >= 0.3 is 0 Å². The molecule has 1 aromatic carbocycles. The molecule has 3 rings (SSSR count). The van der Waals surface area contributed by atoms with E-state index in [0.717, 1.165) is 41.6 Å². The quantitative estimate of drug-likeness (QED) is 0.900. The van der Waals surface area contributed by atoms with Crippen molar-refractivity contribution in [3.63, 3.8) is 0 Å². The van der Waals surface area contributed by atoms with E-state index in [4.69, 9.17) is 11.6 Å². The molecule has 2 heterocycles. The van der Waals surface area contributed by atoms with E-state index in [1.54, 1.807) is 0 Å². The molecule has 0 spiro atoms. The summed E-state index contributed by atoms with van der Waals surface area (Å²) in [5.41, 5.74) is 2.91. The zero-order chi connectivity index (χ0) is 14.8. The third-order valence-corrected chi connectivity index (χ3v) is 4.61. The van der Waals surface area contributed by atoms with Crippen LogP contribution >= 0.6 is 11.6 Å². The maximum Gasteiger partial charge on any atom is 0.246 e. The summed E-state index contributed by atoms with van der Waals surface area (Å²) in [7, 11) is 0. The number of nitrogens with zero attached hydrogens (tertiary/aromatic N) is 1. The lowest BCUT2D eigenvalue weighted by Crippen LogP contribution is -2.27. The summed E-state index contributed by atoms with van der Waals surface area (Å²) in [6.45, 7) is 4.84. The van der Waals surface area contributed by atoms with Crippen LogP contribution < -0.4 is 15.5 Å². The Morgan fingerprint density at radius 1 is 1.29 bits per heavy atom. The fraction of sp³-hybridized carbons (Fsp3) is 0.562. The molecule has 2 aliphatic rings. The average Bonchev–Trinajstić information content (AvgIpc) is 2.68. The maximum atomic E-state index is 12.0. The van der Waals surface area contributed by atoms with Gasteiger partial charge in [0, 0.05) is 24.3 Å². The third kappa shape index (κ3) is 2.87. The first-order valence-corrected chi connectivity index (χ1v) is 8.21. The van der Waals surface area contributed by atoms with Crippen LogP contribution in [0.4, 0.5) is 11.4 Å². The van der Waals surface area contributed by atoms with E-state index >= 15 is 0 Å². The number of carbonyl (C=O) groups is 1. The highest BCUT2D eigenvalue weighted by Gasteiger charge is 2.31. The Hall–Kier alpha value is -1.26. The molecule has 0 bridgehead atoms. The van der Waals surface area contributed by atoms with Gasteiger partial charge in [-0.3, -0.25) is 4.79 Å². The summed E-state index contributed by atoms with van der Waals surface area (Å²) in [4.78, 5) is 14.4. The van der Waals surface area contributed by atoms with Gasteiger partial charge in [0.15, 0.2) is 0 Å². The van der Waals surface area contributed by atoms with Crippen LogP contribution in [0.1, 0.15) is 44.2 Å². The van der Waals surface area contributed by atoms with Gasteiger partial charge in [0.25, 0.3) is 0 Å². The van der Waals surface area contributed by atoms with Gasteiger partial charge in [-0.25, -0.2) is 0 Å². The normalized spacial score (nSPS) is 21.9. The zero-order valence-corrected chi connectivity index (χ0v) is 13.2. The SMILES string of the molecule is CCNC1C(=O)Nc2cc(N3CCCCCC3)c(Cl)cc21. The van der Waals surface area contributed by atoms with Gasteiger partial charge in [-0.15, -0.1) is 0 Å². The lowest BCUT2D eigenvalue weighted by atomic mass is 10.1. The Balaban J connectivity index is 1.91. The minimum atomic E-state index is -0.277. The molecule has 114 valence electrons. The van der Waals surface area contributed by atoms with Crippen LogP contribution in [0.25, 0.3) is 0 Å². The fourth-order valence-corrected chi connectivity index (χ4v) is 3.52. The van der Waals surface area contributed by atoms with Gasteiger partial charge in [0.2, 0.25) is 5.91 Å². The predicted molar refractivity (Wildman–Crippen MR) is 87.2 cm³/mol. The number of hydrogen-bond donors (Lipinski definition) is 2. The van der Waals surface area contributed by atoms with Crippen LogP contribution in [0.3, 0.4) is 0 Å². The largest absolute Gasteiger partial charge is 0.370 e. The second-order valence-corrected chi connectivity index (χ2v) is 6.18. The molecule has 0 aliphatic carbocycles. The Morgan fingerprint density at radius 3 is 2.67 bits per heavy atom. The van der Waals surface area contributed by atoms with Gasteiger partial charge in [0.05, 0.1) is 10.7 Å². The van der Waals surface area contributed by atoms with E-state index in [9.17, 15) is 4.79 Å². The molecule has 1 atom stereocenters. The van der Waals surface area contributed by atoms with Crippen molar-refractivity contribution in [2.45, 2.75) is 38.6 Å². The van der Waals surface area contributed by atoms with Gasteiger partial charge in [-0.05, 0) is 31.5 Å². The topological polar surface area (TPSA) is 44.4 Å². The molecular weight excluding hydrogens is 286 g/mol. The molecule has 21 heavy (non-hydrogen) atoms. The number of amides is 1. The van der Waals surface area contributed by atoms with Gasteiger partial charge in [0.1, 0.15) is 6.04 Å². The average molecular weight is 308 g/mol. The number of halogens is 1. The monoisotopic (exact) mass is 307 g/mol. The summed E-state index contributed by atoms with van der Waals surface area (Å²) in [5.74, 6) is 0.0101. The van der Waals surface area contributed by atoms with Crippen molar-refractivity contribution < 1.29 is 4.79 Å². The first kappa shape index (κ1) is 14.7. The number of carbonyl (C=O) groups excluding carboxylic acids is 1. The summed E-state index contributed by atoms with van der Waals surface area (Å²) >= 11 is 6.50. The standard InChI is InChI=1S/C16H22ClN3O/c1-2-18-15-11-9-12(17)14(10-13(11)19-16(15)21)20-7-5-3-4-6-8-20/h9-10,15,18H,2-8H2,1H3,(H,19,21). The van der Waals surface area contributed by atoms with Crippen molar-refractivity contribution in [3.8, 4) is 0 Å². The maximum absolute atomic E-state index is 12.0. The van der Waals surface area contributed by atoms with E-state index in [2.05, 4.69) is 15.5 Å². The molecule has 5 heteroatoms. The lowest BCUT2D eigenvalue weighted by Gasteiger charge is -2.24. The summed E-state index contributed by atoms with van der Waals surface area (Å²) in [6, 6.07) is 3.71. The molecule has 2 aliphatic heterocycles. The Morgan fingerprint density at radius 2 is 2.00 bits per heavy atom. The Labute approximate surface area is 130 Å². The Kier molecular flexibility index (Phi) is 4.36.